The van der Waals surface area contributed by atoms with E-state index in [2.05, 4.69) is 5.18 Å². The Morgan fingerprint density at radius 3 is 2.82 bits per heavy atom. The molecule has 68 valence electrons. The molecule has 0 radical (unpaired) electrons. The standard InChI is InChI=1S/C5H14NO3PS/c1-10(8,11-2)9-5-3-4-6-7/h8,10H,3-5H2,1-2H3. The van der Waals surface area contributed by atoms with E-state index in [-0.39, 0.29) is 6.54 Å². The van der Waals surface area contributed by atoms with Gasteiger partial charge in [0.15, 0.2) is 0 Å². The third-order valence-electron chi connectivity index (χ3n) is 1.14. The zero-order valence-corrected chi connectivity index (χ0v) is 8.56. The fourth-order valence-corrected chi connectivity index (χ4v) is 1.69. The van der Waals surface area contributed by atoms with E-state index in [1.807, 2.05) is 6.26 Å². The number of rotatable bonds is 6. The van der Waals surface area contributed by atoms with Gasteiger partial charge in [0.2, 0.25) is 0 Å². The quantitative estimate of drug-likeness (QED) is 0.401. The van der Waals surface area contributed by atoms with Crippen molar-refractivity contribution in [2.24, 2.45) is 5.18 Å². The van der Waals surface area contributed by atoms with Gasteiger partial charge in [-0.25, -0.2) is 0 Å². The molecular weight excluding hydrogens is 185 g/mol. The van der Waals surface area contributed by atoms with Crippen LogP contribution in [0.2, 0.25) is 0 Å². The summed E-state index contributed by atoms with van der Waals surface area (Å²) in [6.07, 6.45) is 2.40. The molecule has 0 amide bonds. The summed E-state index contributed by atoms with van der Waals surface area (Å²) in [7, 11) is 0. The number of nitrogens with zero attached hydrogens (tertiary/aromatic N) is 1. The molecule has 11 heavy (non-hydrogen) atoms. The first-order valence-electron chi connectivity index (χ1n) is 3.33. The first-order chi connectivity index (χ1) is 5.12. The van der Waals surface area contributed by atoms with Crippen LogP contribution in [0.5, 0.6) is 0 Å². The van der Waals surface area contributed by atoms with Gasteiger partial charge in [0.25, 0.3) is 0 Å². The van der Waals surface area contributed by atoms with Crippen LogP contribution in [0.4, 0.5) is 0 Å². The molecule has 0 aliphatic rings. The van der Waals surface area contributed by atoms with Crippen molar-refractivity contribution >= 4 is 18.3 Å². The van der Waals surface area contributed by atoms with Gasteiger partial charge >= 0.3 is 70.3 Å². The molecule has 0 aromatic rings. The van der Waals surface area contributed by atoms with E-state index in [9.17, 15) is 9.80 Å². The van der Waals surface area contributed by atoms with Crippen LogP contribution < -0.4 is 0 Å². The molecule has 0 rings (SSSR count). The molecule has 0 aliphatic carbocycles. The van der Waals surface area contributed by atoms with Crippen molar-refractivity contribution in [1.29, 1.82) is 0 Å². The van der Waals surface area contributed by atoms with Crippen molar-refractivity contribution in [3.63, 3.8) is 0 Å². The zero-order chi connectivity index (χ0) is 8.74. The first-order valence-corrected chi connectivity index (χ1v) is 7.63. The van der Waals surface area contributed by atoms with Crippen molar-refractivity contribution in [2.75, 3.05) is 26.1 Å². The van der Waals surface area contributed by atoms with E-state index in [0.29, 0.717) is 13.0 Å². The average Bonchev–Trinajstić information content (AvgIpc) is 1.99. The van der Waals surface area contributed by atoms with Gasteiger partial charge in [-0.3, -0.25) is 0 Å². The molecule has 1 N–H and O–H groups in total. The number of hydrogen-bond donors (Lipinski definition) is 1. The normalized spacial score (nSPS) is 13.0. The van der Waals surface area contributed by atoms with Crippen LogP contribution in [-0.4, -0.2) is 31.0 Å². The minimum atomic E-state index is -2.45. The summed E-state index contributed by atoms with van der Waals surface area (Å²) in [4.78, 5) is 19.0. The van der Waals surface area contributed by atoms with Crippen molar-refractivity contribution in [3.8, 4) is 0 Å². The van der Waals surface area contributed by atoms with Crippen LogP contribution in [0.15, 0.2) is 5.18 Å². The number of hydrogen-bond acceptors (Lipinski definition) is 5. The fraction of sp³-hybridized carbons (Fsp3) is 1.00. The average molecular weight is 199 g/mol. The molecule has 0 saturated heterocycles. The Morgan fingerprint density at radius 2 is 2.36 bits per heavy atom. The molecule has 0 unspecified atom stereocenters. The summed E-state index contributed by atoms with van der Waals surface area (Å²) < 4.78 is 5.14. The topological polar surface area (TPSA) is 58.9 Å². The fourth-order valence-electron chi connectivity index (χ4n) is 0.450. The SMILES string of the molecule is CS[PH](C)(O)OCCCN=O. The monoisotopic (exact) mass is 199 g/mol. The van der Waals surface area contributed by atoms with Gasteiger partial charge in [-0.2, -0.15) is 0 Å². The molecule has 0 heterocycles. The van der Waals surface area contributed by atoms with E-state index < -0.39 is 6.92 Å². The van der Waals surface area contributed by atoms with Crippen molar-refractivity contribution < 1.29 is 9.42 Å². The van der Waals surface area contributed by atoms with Crippen LogP contribution in [0, 0.1) is 4.91 Å². The maximum absolute atomic E-state index is 9.64. The molecule has 4 nitrogen and oxygen atoms in total. The summed E-state index contributed by atoms with van der Waals surface area (Å²) in [6, 6.07) is 0. The second-order valence-corrected chi connectivity index (χ2v) is 8.15. The van der Waals surface area contributed by atoms with E-state index in [1.54, 1.807) is 6.66 Å². The van der Waals surface area contributed by atoms with Gasteiger partial charge in [-0.1, -0.05) is 0 Å². The molecule has 0 aliphatic heterocycles. The van der Waals surface area contributed by atoms with Gasteiger partial charge in [0.1, 0.15) is 0 Å². The maximum atomic E-state index is 9.64. The van der Waals surface area contributed by atoms with Gasteiger partial charge in [0.05, 0.1) is 0 Å². The Bertz CT molecular complexity index is 122. The van der Waals surface area contributed by atoms with E-state index in [1.165, 1.54) is 11.4 Å². The molecular formula is C5H14NO3PS. The molecule has 0 aromatic heterocycles. The molecule has 0 aromatic carbocycles. The van der Waals surface area contributed by atoms with Crippen LogP contribution in [0.25, 0.3) is 0 Å². The number of nitroso groups, excluding NO2 is 1. The zero-order valence-electron chi connectivity index (χ0n) is 6.74. The van der Waals surface area contributed by atoms with Gasteiger partial charge < -0.3 is 0 Å². The Labute approximate surface area is 70.9 Å². The molecule has 0 bridgehead atoms. The summed E-state index contributed by atoms with van der Waals surface area (Å²) in [5.74, 6) is 0. The van der Waals surface area contributed by atoms with Crippen LogP contribution in [-0.2, 0) is 4.52 Å². The molecule has 0 saturated carbocycles. The van der Waals surface area contributed by atoms with E-state index in [0.717, 1.165) is 0 Å². The van der Waals surface area contributed by atoms with Gasteiger partial charge in [-0.05, 0) is 0 Å². The second-order valence-electron chi connectivity index (χ2n) is 2.16. The van der Waals surface area contributed by atoms with Gasteiger partial charge in [-0.15, -0.1) is 0 Å². The third-order valence-corrected chi connectivity index (χ3v) is 5.27. The minimum absolute atomic E-state index is 0.263. The van der Waals surface area contributed by atoms with E-state index in [4.69, 9.17) is 4.52 Å². The van der Waals surface area contributed by atoms with E-state index >= 15 is 0 Å². The second kappa shape index (κ2) is 5.89. The summed E-state index contributed by atoms with van der Waals surface area (Å²) >= 11 is 1.35. The predicted molar refractivity (Wildman–Crippen MR) is 51.2 cm³/mol. The Balaban J connectivity index is 3.29. The summed E-state index contributed by atoms with van der Waals surface area (Å²) in [6.45, 7) is -0.0687. The Morgan fingerprint density at radius 1 is 1.73 bits per heavy atom. The molecule has 6 heteroatoms. The molecule has 0 spiro atoms. The predicted octanol–water partition coefficient (Wildman–Crippen LogP) is 1.64. The van der Waals surface area contributed by atoms with Crippen molar-refractivity contribution in [2.45, 2.75) is 6.42 Å². The Hall–Kier alpha value is 0.300. The Kier molecular flexibility index (Phi) is 6.05. The van der Waals surface area contributed by atoms with Crippen LogP contribution >= 0.6 is 18.3 Å². The van der Waals surface area contributed by atoms with Crippen molar-refractivity contribution in [3.05, 3.63) is 4.91 Å². The van der Waals surface area contributed by atoms with Gasteiger partial charge in [0, 0.05) is 0 Å². The van der Waals surface area contributed by atoms with Crippen LogP contribution in [0.3, 0.4) is 0 Å². The summed E-state index contributed by atoms with van der Waals surface area (Å²) in [5.41, 5.74) is 0. The first kappa shape index (κ1) is 11.3. The third kappa shape index (κ3) is 6.69. The molecule has 0 atom stereocenters. The van der Waals surface area contributed by atoms with Crippen molar-refractivity contribution in [1.82, 2.24) is 0 Å². The summed E-state index contributed by atoms with van der Waals surface area (Å²) in [5, 5.41) is 2.68. The van der Waals surface area contributed by atoms with Crippen LogP contribution in [0.1, 0.15) is 6.42 Å². The molecule has 0 fully saturated rings.